The summed E-state index contributed by atoms with van der Waals surface area (Å²) in [6.45, 7) is 8.06. The Morgan fingerprint density at radius 2 is 1.90 bits per heavy atom. The number of anilines is 1. The van der Waals surface area contributed by atoms with E-state index in [1.807, 2.05) is 6.92 Å². The number of amides is 3. The first-order valence-electron chi connectivity index (χ1n) is 10.9. The molecule has 30 heavy (non-hydrogen) atoms. The van der Waals surface area contributed by atoms with E-state index in [9.17, 15) is 14.4 Å². The van der Waals surface area contributed by atoms with Crippen molar-refractivity contribution in [2.75, 3.05) is 44.6 Å². The molecule has 1 saturated heterocycles. The molecule has 3 amide bonds. The molecule has 1 aromatic heterocycles. The van der Waals surface area contributed by atoms with Gasteiger partial charge in [-0.3, -0.25) is 24.2 Å². The Hall–Kier alpha value is -1.97. The average molecular weight is 436 g/mol. The summed E-state index contributed by atoms with van der Waals surface area (Å²) >= 11 is 1.48. The summed E-state index contributed by atoms with van der Waals surface area (Å²) in [7, 11) is 0. The van der Waals surface area contributed by atoms with Gasteiger partial charge in [0.25, 0.3) is 5.91 Å². The summed E-state index contributed by atoms with van der Waals surface area (Å²) in [5.74, 6) is -0.529. The Morgan fingerprint density at radius 3 is 2.57 bits per heavy atom. The van der Waals surface area contributed by atoms with Gasteiger partial charge in [-0.15, -0.1) is 11.3 Å². The number of thiophene rings is 1. The summed E-state index contributed by atoms with van der Waals surface area (Å²) in [6, 6.07) is -0.316. The average Bonchev–Trinajstić information content (AvgIpc) is 3.28. The molecule has 0 radical (unpaired) electrons. The zero-order chi connectivity index (χ0) is 21.7. The lowest BCUT2D eigenvalue weighted by atomic mass is 10.1. The first kappa shape index (κ1) is 22.7. The summed E-state index contributed by atoms with van der Waals surface area (Å²) in [5, 5.41) is 6.49. The highest BCUT2D eigenvalue weighted by Crippen LogP contribution is 2.38. The quantitative estimate of drug-likeness (QED) is 0.505. The summed E-state index contributed by atoms with van der Waals surface area (Å²) < 4.78 is 0. The van der Waals surface area contributed by atoms with Crippen molar-refractivity contribution in [1.82, 2.24) is 15.1 Å². The van der Waals surface area contributed by atoms with Crippen molar-refractivity contribution in [3.63, 3.8) is 0 Å². The smallest absolute Gasteiger partial charge is 0.251 e. The first-order valence-corrected chi connectivity index (χ1v) is 11.7. The van der Waals surface area contributed by atoms with E-state index in [2.05, 4.69) is 27.4 Å². The lowest BCUT2D eigenvalue weighted by Gasteiger charge is -2.37. The lowest BCUT2D eigenvalue weighted by molar-refractivity contribution is -0.124. The van der Waals surface area contributed by atoms with Gasteiger partial charge in [-0.05, 0) is 38.2 Å². The van der Waals surface area contributed by atoms with Crippen LogP contribution in [0.15, 0.2) is 0 Å². The van der Waals surface area contributed by atoms with E-state index in [4.69, 9.17) is 5.73 Å². The van der Waals surface area contributed by atoms with Gasteiger partial charge >= 0.3 is 0 Å². The number of carbonyl (C=O) groups is 3. The highest BCUT2D eigenvalue weighted by molar-refractivity contribution is 7.17. The van der Waals surface area contributed by atoms with Crippen LogP contribution < -0.4 is 16.4 Å². The van der Waals surface area contributed by atoms with Crippen molar-refractivity contribution < 1.29 is 14.4 Å². The third-order valence-electron chi connectivity index (χ3n) is 5.96. The summed E-state index contributed by atoms with van der Waals surface area (Å²) in [4.78, 5) is 42.2. The first-order chi connectivity index (χ1) is 14.4. The molecule has 166 valence electrons. The molecule has 4 N–H and O–H groups in total. The van der Waals surface area contributed by atoms with E-state index in [0.29, 0.717) is 17.1 Å². The number of piperazine rings is 1. The van der Waals surface area contributed by atoms with Gasteiger partial charge in [0.05, 0.1) is 18.2 Å². The standard InChI is InChI=1S/C21H33N5O3S/c1-3-4-8-23-17(27)13-25-9-11-26(12-10-25)14(2)20(29)24-21-18(19(22)28)15-6-5-7-16(15)30-21/h14H,3-13H2,1-2H3,(H2,22,28)(H,23,27)(H,24,29)/t14-/m1/s1. The Kier molecular flexibility index (Phi) is 7.85. The molecule has 1 atom stereocenters. The molecule has 9 heteroatoms. The van der Waals surface area contributed by atoms with Crippen LogP contribution >= 0.6 is 11.3 Å². The number of aryl methyl sites for hydroxylation is 1. The fourth-order valence-corrected chi connectivity index (χ4v) is 5.41. The third kappa shape index (κ3) is 5.39. The molecular weight excluding hydrogens is 402 g/mol. The molecule has 1 fully saturated rings. The van der Waals surface area contributed by atoms with Crippen LogP contribution in [0.5, 0.6) is 0 Å². The van der Waals surface area contributed by atoms with Crippen LogP contribution in [0.3, 0.4) is 0 Å². The minimum atomic E-state index is -0.469. The van der Waals surface area contributed by atoms with Gasteiger partial charge in [-0.2, -0.15) is 0 Å². The zero-order valence-corrected chi connectivity index (χ0v) is 18.8. The fraction of sp³-hybridized carbons (Fsp3) is 0.667. The molecule has 0 bridgehead atoms. The van der Waals surface area contributed by atoms with Crippen LogP contribution in [-0.2, 0) is 22.4 Å². The Bertz CT molecular complexity index is 786. The van der Waals surface area contributed by atoms with Crippen molar-refractivity contribution in [2.24, 2.45) is 5.73 Å². The van der Waals surface area contributed by atoms with Crippen molar-refractivity contribution in [1.29, 1.82) is 0 Å². The van der Waals surface area contributed by atoms with Crippen LogP contribution in [0.4, 0.5) is 5.00 Å². The zero-order valence-electron chi connectivity index (χ0n) is 18.0. The molecule has 3 rings (SSSR count). The number of hydrogen-bond acceptors (Lipinski definition) is 6. The van der Waals surface area contributed by atoms with Crippen LogP contribution in [0.1, 0.15) is 53.9 Å². The number of primary amides is 1. The van der Waals surface area contributed by atoms with Gasteiger partial charge in [0.15, 0.2) is 0 Å². The van der Waals surface area contributed by atoms with Crippen molar-refractivity contribution >= 4 is 34.1 Å². The van der Waals surface area contributed by atoms with Crippen LogP contribution in [0.25, 0.3) is 0 Å². The summed E-state index contributed by atoms with van der Waals surface area (Å²) in [6.07, 6.45) is 4.89. The molecule has 1 aliphatic heterocycles. The van der Waals surface area contributed by atoms with Crippen molar-refractivity contribution in [2.45, 2.75) is 52.0 Å². The molecule has 1 aromatic rings. The SMILES string of the molecule is CCCCNC(=O)CN1CCN([C@H](C)C(=O)Nc2sc3c(c2C(N)=O)CCC3)CC1. The number of nitrogens with zero attached hydrogens (tertiary/aromatic N) is 2. The van der Waals surface area contributed by atoms with Crippen molar-refractivity contribution in [3.05, 3.63) is 16.0 Å². The van der Waals surface area contributed by atoms with Crippen LogP contribution in [-0.4, -0.2) is 72.8 Å². The van der Waals surface area contributed by atoms with E-state index >= 15 is 0 Å². The molecule has 0 spiro atoms. The van der Waals surface area contributed by atoms with Crippen LogP contribution in [0.2, 0.25) is 0 Å². The molecule has 2 heterocycles. The number of hydrogen-bond donors (Lipinski definition) is 3. The van der Waals surface area contributed by atoms with E-state index < -0.39 is 5.91 Å². The maximum absolute atomic E-state index is 12.8. The van der Waals surface area contributed by atoms with Crippen LogP contribution in [0, 0.1) is 0 Å². The topological polar surface area (TPSA) is 108 Å². The van der Waals surface area contributed by atoms with Gasteiger partial charge in [-0.1, -0.05) is 13.3 Å². The predicted molar refractivity (Wildman–Crippen MR) is 119 cm³/mol. The Morgan fingerprint density at radius 1 is 1.17 bits per heavy atom. The number of nitrogens with two attached hydrogens (primary N) is 1. The predicted octanol–water partition coefficient (Wildman–Crippen LogP) is 1.20. The second kappa shape index (κ2) is 10.4. The van der Waals surface area contributed by atoms with Gasteiger partial charge in [0.1, 0.15) is 5.00 Å². The van der Waals surface area contributed by atoms with E-state index in [1.54, 1.807) is 0 Å². The molecular formula is C21H33N5O3S. The molecule has 0 unspecified atom stereocenters. The Balaban J connectivity index is 1.50. The van der Waals surface area contributed by atoms with E-state index in [0.717, 1.165) is 75.3 Å². The van der Waals surface area contributed by atoms with Crippen molar-refractivity contribution in [3.8, 4) is 0 Å². The maximum Gasteiger partial charge on any atom is 0.251 e. The highest BCUT2D eigenvalue weighted by Gasteiger charge is 2.30. The van der Waals surface area contributed by atoms with Gasteiger partial charge in [0, 0.05) is 37.6 Å². The number of rotatable bonds is 9. The largest absolute Gasteiger partial charge is 0.365 e. The minimum Gasteiger partial charge on any atom is -0.365 e. The molecule has 0 saturated carbocycles. The second-order valence-electron chi connectivity index (χ2n) is 8.11. The van der Waals surface area contributed by atoms with E-state index in [-0.39, 0.29) is 17.9 Å². The maximum atomic E-state index is 12.8. The fourth-order valence-electron chi connectivity index (χ4n) is 4.11. The van der Waals surface area contributed by atoms with Gasteiger partial charge < -0.3 is 16.4 Å². The minimum absolute atomic E-state index is 0.0624. The van der Waals surface area contributed by atoms with Gasteiger partial charge in [0.2, 0.25) is 11.8 Å². The number of unbranched alkanes of at least 4 members (excludes halogenated alkanes) is 1. The molecule has 8 nitrogen and oxygen atoms in total. The summed E-state index contributed by atoms with van der Waals surface area (Å²) in [5.41, 5.74) is 7.10. The number of nitrogens with one attached hydrogen (secondary N) is 2. The third-order valence-corrected chi connectivity index (χ3v) is 7.17. The monoisotopic (exact) mass is 435 g/mol. The molecule has 2 aliphatic rings. The lowest BCUT2D eigenvalue weighted by Crippen LogP contribution is -2.54. The molecule has 1 aliphatic carbocycles. The normalized spacial score (nSPS) is 18.1. The number of carbonyl (C=O) groups excluding carboxylic acids is 3. The highest BCUT2D eigenvalue weighted by atomic mass is 32.1. The Labute approximate surface area is 182 Å². The van der Waals surface area contributed by atoms with E-state index in [1.165, 1.54) is 11.3 Å². The molecule has 0 aromatic carbocycles. The number of fused-ring (bicyclic) bond motifs is 1. The second-order valence-corrected chi connectivity index (χ2v) is 9.21. The van der Waals surface area contributed by atoms with Gasteiger partial charge in [-0.25, -0.2) is 0 Å².